The fourth-order valence-corrected chi connectivity index (χ4v) is 4.19. The number of rotatable bonds is 10. The molecular weight excluding hydrogens is 388 g/mol. The van der Waals surface area contributed by atoms with Gasteiger partial charge < -0.3 is 19.0 Å². The third-order valence-corrected chi connectivity index (χ3v) is 6.26. The molecule has 29 heavy (non-hydrogen) atoms. The first kappa shape index (κ1) is 21.6. The van der Waals surface area contributed by atoms with Crippen molar-refractivity contribution in [2.75, 3.05) is 19.7 Å². The van der Waals surface area contributed by atoms with Crippen LogP contribution in [0.4, 0.5) is 0 Å². The van der Waals surface area contributed by atoms with Gasteiger partial charge >= 0.3 is 0 Å². The summed E-state index contributed by atoms with van der Waals surface area (Å²) in [6.07, 6.45) is 4.76. The zero-order chi connectivity index (χ0) is 20.6. The van der Waals surface area contributed by atoms with E-state index in [1.807, 2.05) is 43.5 Å². The Labute approximate surface area is 176 Å². The Morgan fingerprint density at radius 2 is 2.14 bits per heavy atom. The van der Waals surface area contributed by atoms with Crippen molar-refractivity contribution in [3.05, 3.63) is 46.5 Å². The predicted octanol–water partition coefficient (Wildman–Crippen LogP) is 3.72. The fraction of sp³-hybridized carbons (Fsp3) is 0.545. The van der Waals surface area contributed by atoms with Gasteiger partial charge in [0.1, 0.15) is 12.3 Å². The molecule has 1 fully saturated rings. The average Bonchev–Trinajstić information content (AvgIpc) is 3.48. The quantitative estimate of drug-likeness (QED) is 0.590. The number of nitrogens with zero attached hydrogens (tertiary/aromatic N) is 2. The van der Waals surface area contributed by atoms with E-state index in [0.29, 0.717) is 19.5 Å². The molecule has 2 aromatic heterocycles. The van der Waals surface area contributed by atoms with Crippen LogP contribution in [0.3, 0.4) is 0 Å². The van der Waals surface area contributed by atoms with Crippen molar-refractivity contribution in [1.29, 1.82) is 0 Å². The van der Waals surface area contributed by atoms with Crippen LogP contribution in [-0.4, -0.2) is 53.5 Å². The average molecular weight is 419 g/mol. The summed E-state index contributed by atoms with van der Waals surface area (Å²) in [5.41, 5.74) is 0. The molecule has 3 heterocycles. The van der Waals surface area contributed by atoms with E-state index in [-0.39, 0.29) is 30.5 Å². The molecule has 1 saturated heterocycles. The molecule has 0 aliphatic carbocycles. The summed E-state index contributed by atoms with van der Waals surface area (Å²) in [4.78, 5) is 30.7. The summed E-state index contributed by atoms with van der Waals surface area (Å²) in [5.74, 6) is 0.651. The largest absolute Gasteiger partial charge is 0.467 e. The number of amides is 2. The third-order valence-electron chi connectivity index (χ3n) is 5.38. The summed E-state index contributed by atoms with van der Waals surface area (Å²) in [6, 6.07) is 7.59. The molecule has 1 aliphatic rings. The zero-order valence-electron chi connectivity index (χ0n) is 17.2. The first-order valence-corrected chi connectivity index (χ1v) is 11.2. The number of hydrogen-bond acceptors (Lipinski definition) is 5. The van der Waals surface area contributed by atoms with E-state index in [4.69, 9.17) is 9.15 Å². The topological polar surface area (TPSA) is 63.0 Å². The standard InChI is InChI=1S/C22H30N2O4S/c1-3-17(2)24(21(25)13-20-9-6-12-29-20)16-22(26)23(14-18-7-4-10-27-18)15-19-8-5-11-28-19/h4,6-7,9-10,12,17,19H,3,5,8,11,13-16H2,1-2H3. The summed E-state index contributed by atoms with van der Waals surface area (Å²) in [7, 11) is 0. The highest BCUT2D eigenvalue weighted by molar-refractivity contribution is 7.10. The van der Waals surface area contributed by atoms with E-state index >= 15 is 0 Å². The van der Waals surface area contributed by atoms with Gasteiger partial charge in [-0.25, -0.2) is 0 Å². The van der Waals surface area contributed by atoms with Gasteiger partial charge in [0, 0.05) is 24.1 Å². The second-order valence-corrected chi connectivity index (χ2v) is 8.56. The van der Waals surface area contributed by atoms with Gasteiger partial charge in [-0.1, -0.05) is 13.0 Å². The fourth-order valence-electron chi connectivity index (χ4n) is 3.50. The second kappa shape index (κ2) is 10.6. The Hall–Kier alpha value is -2.12. The molecule has 0 saturated carbocycles. The molecular formula is C22H30N2O4S. The molecule has 2 unspecified atom stereocenters. The first-order valence-electron chi connectivity index (χ1n) is 10.3. The lowest BCUT2D eigenvalue weighted by molar-refractivity contribution is -0.143. The molecule has 3 rings (SSSR count). The Balaban J connectivity index is 1.69. The number of ether oxygens (including phenoxy) is 1. The van der Waals surface area contributed by atoms with Gasteiger partial charge in [0.15, 0.2) is 0 Å². The van der Waals surface area contributed by atoms with Crippen LogP contribution in [0.15, 0.2) is 40.3 Å². The second-order valence-electron chi connectivity index (χ2n) is 7.52. The van der Waals surface area contributed by atoms with Crippen molar-refractivity contribution >= 4 is 23.2 Å². The summed E-state index contributed by atoms with van der Waals surface area (Å²) in [6.45, 7) is 5.76. The van der Waals surface area contributed by atoms with Gasteiger partial charge in [0.2, 0.25) is 11.8 Å². The van der Waals surface area contributed by atoms with Crippen molar-refractivity contribution in [2.24, 2.45) is 0 Å². The van der Waals surface area contributed by atoms with E-state index in [1.54, 1.807) is 27.4 Å². The van der Waals surface area contributed by atoms with E-state index in [1.165, 1.54) is 0 Å². The maximum Gasteiger partial charge on any atom is 0.242 e. The zero-order valence-corrected chi connectivity index (χ0v) is 18.0. The number of hydrogen-bond donors (Lipinski definition) is 0. The van der Waals surface area contributed by atoms with Gasteiger partial charge in [-0.15, -0.1) is 11.3 Å². The van der Waals surface area contributed by atoms with Crippen LogP contribution in [0, 0.1) is 0 Å². The van der Waals surface area contributed by atoms with E-state index < -0.39 is 0 Å². The normalized spacial score (nSPS) is 17.2. The highest BCUT2D eigenvalue weighted by Crippen LogP contribution is 2.17. The van der Waals surface area contributed by atoms with E-state index in [0.717, 1.165) is 36.5 Å². The molecule has 2 atom stereocenters. The number of carbonyl (C=O) groups is 2. The summed E-state index contributed by atoms with van der Waals surface area (Å²) >= 11 is 1.57. The van der Waals surface area contributed by atoms with Crippen LogP contribution >= 0.6 is 11.3 Å². The minimum Gasteiger partial charge on any atom is -0.467 e. The molecule has 0 radical (unpaired) electrons. The lowest BCUT2D eigenvalue weighted by Gasteiger charge is -2.32. The lowest BCUT2D eigenvalue weighted by atomic mass is 10.1. The third kappa shape index (κ3) is 6.18. The lowest BCUT2D eigenvalue weighted by Crippen LogP contribution is -2.48. The Morgan fingerprint density at radius 1 is 1.28 bits per heavy atom. The van der Waals surface area contributed by atoms with Crippen molar-refractivity contribution in [1.82, 2.24) is 9.80 Å². The highest BCUT2D eigenvalue weighted by Gasteiger charge is 2.28. The predicted molar refractivity (Wildman–Crippen MR) is 113 cm³/mol. The molecule has 2 amide bonds. The maximum absolute atomic E-state index is 13.2. The van der Waals surface area contributed by atoms with Crippen molar-refractivity contribution in [2.45, 2.75) is 58.2 Å². The minimum absolute atomic E-state index is 0.000365. The van der Waals surface area contributed by atoms with Gasteiger partial charge in [-0.3, -0.25) is 9.59 Å². The molecule has 6 nitrogen and oxygen atoms in total. The molecule has 0 bridgehead atoms. The molecule has 0 spiro atoms. The van der Waals surface area contributed by atoms with Crippen molar-refractivity contribution in [3.63, 3.8) is 0 Å². The Morgan fingerprint density at radius 3 is 2.76 bits per heavy atom. The highest BCUT2D eigenvalue weighted by atomic mass is 32.1. The van der Waals surface area contributed by atoms with Crippen LogP contribution in [0.2, 0.25) is 0 Å². The maximum atomic E-state index is 13.2. The van der Waals surface area contributed by atoms with Gasteiger partial charge in [-0.2, -0.15) is 0 Å². The Bertz CT molecular complexity index is 754. The monoisotopic (exact) mass is 418 g/mol. The smallest absolute Gasteiger partial charge is 0.242 e. The molecule has 2 aromatic rings. The number of furan rings is 1. The SMILES string of the molecule is CCC(C)N(CC(=O)N(Cc1ccco1)CC1CCCO1)C(=O)Cc1cccs1. The molecule has 158 valence electrons. The summed E-state index contributed by atoms with van der Waals surface area (Å²) in [5, 5.41) is 1.97. The molecule has 1 aliphatic heterocycles. The Kier molecular flexibility index (Phi) is 7.89. The van der Waals surface area contributed by atoms with Crippen molar-refractivity contribution in [3.8, 4) is 0 Å². The van der Waals surface area contributed by atoms with Crippen LogP contribution in [0.25, 0.3) is 0 Å². The minimum atomic E-state index is -0.0725. The first-order chi connectivity index (χ1) is 14.1. The van der Waals surface area contributed by atoms with Gasteiger partial charge in [0.25, 0.3) is 0 Å². The van der Waals surface area contributed by atoms with Gasteiger partial charge in [-0.05, 0) is 49.8 Å². The number of carbonyl (C=O) groups excluding carboxylic acids is 2. The van der Waals surface area contributed by atoms with Crippen LogP contribution in [-0.2, 0) is 27.3 Å². The van der Waals surface area contributed by atoms with Crippen LogP contribution < -0.4 is 0 Å². The molecule has 0 N–H and O–H groups in total. The molecule has 0 aromatic carbocycles. The van der Waals surface area contributed by atoms with Crippen LogP contribution in [0.5, 0.6) is 0 Å². The molecule has 7 heteroatoms. The van der Waals surface area contributed by atoms with E-state index in [2.05, 4.69) is 0 Å². The van der Waals surface area contributed by atoms with Crippen molar-refractivity contribution < 1.29 is 18.7 Å². The summed E-state index contributed by atoms with van der Waals surface area (Å²) < 4.78 is 11.2. The van der Waals surface area contributed by atoms with Gasteiger partial charge in [0.05, 0.1) is 25.3 Å². The van der Waals surface area contributed by atoms with E-state index in [9.17, 15) is 9.59 Å². The van der Waals surface area contributed by atoms with Crippen LogP contribution in [0.1, 0.15) is 43.7 Å². The number of thiophene rings is 1.